The molecule has 3 rings (SSSR count). The Labute approximate surface area is 114 Å². The van der Waals surface area contributed by atoms with Crippen LogP contribution in [0.25, 0.3) is 16.6 Å². The Balaban J connectivity index is 2.30. The Morgan fingerprint density at radius 2 is 2.00 bits per heavy atom. The first-order chi connectivity index (χ1) is 9.16. The Hall–Kier alpha value is -2.27. The number of hydrogen-bond donors (Lipinski definition) is 1. The normalized spacial score (nSPS) is 10.8. The maximum Gasteiger partial charge on any atom is 0.124 e. The van der Waals surface area contributed by atoms with Crippen molar-refractivity contribution in [3.8, 4) is 5.69 Å². The van der Waals surface area contributed by atoms with Gasteiger partial charge in [0.05, 0.1) is 17.4 Å². The Morgan fingerprint density at radius 1 is 1.21 bits per heavy atom. The Kier molecular flexibility index (Phi) is 2.76. The molecule has 0 radical (unpaired) electrons. The lowest BCUT2D eigenvalue weighted by Gasteiger charge is -2.09. The SMILES string of the molecule is NC(=S)c1cc(F)ccc1-n1ncc2ccccc21. The van der Waals surface area contributed by atoms with E-state index in [-0.39, 0.29) is 10.8 Å². The lowest BCUT2D eigenvalue weighted by atomic mass is 10.1. The van der Waals surface area contributed by atoms with Crippen molar-refractivity contribution in [1.82, 2.24) is 9.78 Å². The molecule has 0 unspecified atom stereocenters. The molecule has 0 aliphatic rings. The van der Waals surface area contributed by atoms with Crippen LogP contribution in [-0.4, -0.2) is 14.8 Å². The number of para-hydroxylation sites is 1. The standard InChI is InChI=1S/C14H10FN3S/c15-10-5-6-13(11(7-10)14(16)19)18-12-4-2-1-3-9(12)8-17-18/h1-8H,(H2,16,19). The van der Waals surface area contributed by atoms with Gasteiger partial charge in [-0.15, -0.1) is 0 Å². The molecular weight excluding hydrogens is 261 g/mol. The zero-order valence-electron chi connectivity index (χ0n) is 9.88. The largest absolute Gasteiger partial charge is 0.389 e. The molecule has 0 spiro atoms. The van der Waals surface area contributed by atoms with Gasteiger partial charge in [-0.25, -0.2) is 9.07 Å². The molecule has 1 aromatic heterocycles. The van der Waals surface area contributed by atoms with Crippen LogP contribution in [0.2, 0.25) is 0 Å². The molecule has 0 saturated carbocycles. The van der Waals surface area contributed by atoms with E-state index in [4.69, 9.17) is 18.0 Å². The summed E-state index contributed by atoms with van der Waals surface area (Å²) in [5.74, 6) is -0.372. The summed E-state index contributed by atoms with van der Waals surface area (Å²) in [6.07, 6.45) is 1.75. The topological polar surface area (TPSA) is 43.8 Å². The number of fused-ring (bicyclic) bond motifs is 1. The molecule has 2 aromatic carbocycles. The Morgan fingerprint density at radius 3 is 2.79 bits per heavy atom. The highest BCUT2D eigenvalue weighted by atomic mass is 32.1. The number of nitrogens with zero attached hydrogens (tertiary/aromatic N) is 2. The van der Waals surface area contributed by atoms with Crippen molar-refractivity contribution in [3.05, 3.63) is 60.0 Å². The Bertz CT molecular complexity index is 779. The van der Waals surface area contributed by atoms with Crippen LogP contribution in [-0.2, 0) is 0 Å². The third kappa shape index (κ3) is 1.98. The highest BCUT2D eigenvalue weighted by Gasteiger charge is 2.11. The predicted octanol–water partition coefficient (Wildman–Crippen LogP) is 2.80. The van der Waals surface area contributed by atoms with Gasteiger partial charge in [-0.05, 0) is 24.3 Å². The minimum Gasteiger partial charge on any atom is -0.389 e. The van der Waals surface area contributed by atoms with Crippen LogP contribution in [0.3, 0.4) is 0 Å². The number of nitrogens with two attached hydrogens (primary N) is 1. The maximum atomic E-state index is 13.3. The molecule has 0 bridgehead atoms. The van der Waals surface area contributed by atoms with Gasteiger partial charge in [0, 0.05) is 10.9 Å². The number of rotatable bonds is 2. The van der Waals surface area contributed by atoms with Crippen molar-refractivity contribution in [1.29, 1.82) is 0 Å². The smallest absolute Gasteiger partial charge is 0.124 e. The first kappa shape index (κ1) is 11.8. The van der Waals surface area contributed by atoms with E-state index in [0.717, 1.165) is 10.9 Å². The summed E-state index contributed by atoms with van der Waals surface area (Å²) in [5.41, 5.74) is 7.73. The lowest BCUT2D eigenvalue weighted by molar-refractivity contribution is 0.627. The second-order valence-electron chi connectivity index (χ2n) is 4.14. The van der Waals surface area contributed by atoms with E-state index in [1.54, 1.807) is 16.9 Å². The third-order valence-electron chi connectivity index (χ3n) is 2.93. The zero-order chi connectivity index (χ0) is 13.4. The van der Waals surface area contributed by atoms with Gasteiger partial charge >= 0.3 is 0 Å². The van der Waals surface area contributed by atoms with Crippen molar-refractivity contribution in [2.24, 2.45) is 5.73 Å². The molecular formula is C14H10FN3S. The van der Waals surface area contributed by atoms with E-state index in [0.29, 0.717) is 11.3 Å². The molecule has 0 fully saturated rings. The van der Waals surface area contributed by atoms with E-state index in [1.807, 2.05) is 24.3 Å². The van der Waals surface area contributed by atoms with Gasteiger partial charge in [-0.2, -0.15) is 5.10 Å². The molecule has 0 aliphatic heterocycles. The molecule has 3 nitrogen and oxygen atoms in total. The minimum atomic E-state index is -0.372. The van der Waals surface area contributed by atoms with E-state index >= 15 is 0 Å². The molecule has 19 heavy (non-hydrogen) atoms. The molecule has 94 valence electrons. The summed E-state index contributed by atoms with van der Waals surface area (Å²) in [4.78, 5) is 0.147. The number of aromatic nitrogens is 2. The predicted molar refractivity (Wildman–Crippen MR) is 76.9 cm³/mol. The van der Waals surface area contributed by atoms with Gasteiger partial charge in [0.15, 0.2) is 0 Å². The van der Waals surface area contributed by atoms with Gasteiger partial charge in [0.1, 0.15) is 10.8 Å². The summed E-state index contributed by atoms with van der Waals surface area (Å²) in [6, 6.07) is 12.1. The fourth-order valence-corrected chi connectivity index (χ4v) is 2.22. The van der Waals surface area contributed by atoms with Crippen molar-refractivity contribution >= 4 is 28.1 Å². The second-order valence-corrected chi connectivity index (χ2v) is 4.58. The van der Waals surface area contributed by atoms with E-state index in [2.05, 4.69) is 5.10 Å². The zero-order valence-corrected chi connectivity index (χ0v) is 10.7. The number of benzene rings is 2. The number of halogens is 1. The summed E-state index contributed by atoms with van der Waals surface area (Å²) >= 11 is 4.98. The fourth-order valence-electron chi connectivity index (χ4n) is 2.05. The summed E-state index contributed by atoms with van der Waals surface area (Å²) in [7, 11) is 0. The molecule has 1 heterocycles. The summed E-state index contributed by atoms with van der Waals surface area (Å²) in [6.45, 7) is 0. The monoisotopic (exact) mass is 271 g/mol. The second kappa shape index (κ2) is 4.44. The first-order valence-electron chi connectivity index (χ1n) is 5.69. The first-order valence-corrected chi connectivity index (χ1v) is 6.10. The van der Waals surface area contributed by atoms with Crippen LogP contribution in [0.4, 0.5) is 4.39 Å². The van der Waals surface area contributed by atoms with Crippen molar-refractivity contribution in [2.75, 3.05) is 0 Å². The van der Waals surface area contributed by atoms with Crippen LogP contribution in [0, 0.1) is 5.82 Å². The van der Waals surface area contributed by atoms with Crippen LogP contribution in [0.15, 0.2) is 48.7 Å². The average molecular weight is 271 g/mol. The van der Waals surface area contributed by atoms with Gasteiger partial charge in [-0.3, -0.25) is 0 Å². The molecule has 0 amide bonds. The number of thiocarbonyl (C=S) groups is 1. The van der Waals surface area contributed by atoms with Crippen molar-refractivity contribution in [2.45, 2.75) is 0 Å². The highest BCUT2D eigenvalue weighted by molar-refractivity contribution is 7.80. The van der Waals surface area contributed by atoms with Crippen LogP contribution < -0.4 is 5.73 Å². The quantitative estimate of drug-likeness (QED) is 0.729. The summed E-state index contributed by atoms with van der Waals surface area (Å²) in [5, 5.41) is 5.32. The molecule has 0 aliphatic carbocycles. The van der Waals surface area contributed by atoms with Crippen LogP contribution in [0.1, 0.15) is 5.56 Å². The van der Waals surface area contributed by atoms with Gasteiger partial charge in [0.25, 0.3) is 0 Å². The fraction of sp³-hybridized carbons (Fsp3) is 0. The minimum absolute atomic E-state index is 0.147. The van der Waals surface area contributed by atoms with E-state index in [9.17, 15) is 4.39 Å². The molecule has 2 N–H and O–H groups in total. The van der Waals surface area contributed by atoms with Crippen molar-refractivity contribution < 1.29 is 4.39 Å². The maximum absolute atomic E-state index is 13.3. The average Bonchev–Trinajstić information content (AvgIpc) is 2.82. The number of hydrogen-bond acceptors (Lipinski definition) is 2. The van der Waals surface area contributed by atoms with E-state index in [1.165, 1.54) is 12.1 Å². The van der Waals surface area contributed by atoms with E-state index < -0.39 is 0 Å². The van der Waals surface area contributed by atoms with Crippen molar-refractivity contribution in [3.63, 3.8) is 0 Å². The third-order valence-corrected chi connectivity index (χ3v) is 3.15. The van der Waals surface area contributed by atoms with Crippen LogP contribution >= 0.6 is 12.2 Å². The summed E-state index contributed by atoms with van der Waals surface area (Å²) < 4.78 is 15.0. The molecule has 0 saturated heterocycles. The molecule has 0 atom stereocenters. The van der Waals surface area contributed by atoms with Gasteiger partial charge in [-0.1, -0.05) is 30.4 Å². The van der Waals surface area contributed by atoms with Crippen LogP contribution in [0.5, 0.6) is 0 Å². The molecule has 5 heteroatoms. The lowest BCUT2D eigenvalue weighted by Crippen LogP contribution is -2.14. The highest BCUT2D eigenvalue weighted by Crippen LogP contribution is 2.21. The van der Waals surface area contributed by atoms with Gasteiger partial charge in [0.2, 0.25) is 0 Å². The van der Waals surface area contributed by atoms with Gasteiger partial charge < -0.3 is 5.73 Å². The molecule has 3 aromatic rings.